The highest BCUT2D eigenvalue weighted by atomic mass is 16.4. The lowest BCUT2D eigenvalue weighted by atomic mass is 10.3. The van der Waals surface area contributed by atoms with Gasteiger partial charge in [0.15, 0.2) is 5.89 Å². The van der Waals surface area contributed by atoms with Crippen LogP contribution >= 0.6 is 0 Å². The Hall–Kier alpha value is -1.49. The molecular weight excluding hydrogens is 168 g/mol. The summed E-state index contributed by atoms with van der Waals surface area (Å²) < 4.78 is 5.32. The maximum absolute atomic E-state index is 5.38. The van der Waals surface area contributed by atoms with Gasteiger partial charge in [-0.05, 0) is 6.92 Å². The molecular formula is C8H10N4O. The topological polar surface area (TPSA) is 77.8 Å². The second-order valence-electron chi connectivity index (χ2n) is 2.83. The van der Waals surface area contributed by atoms with E-state index in [0.29, 0.717) is 24.6 Å². The number of oxazole rings is 1. The summed E-state index contributed by atoms with van der Waals surface area (Å²) >= 11 is 0. The zero-order valence-electron chi connectivity index (χ0n) is 7.32. The number of aromatic nitrogens is 3. The lowest BCUT2D eigenvalue weighted by molar-refractivity contribution is 0.519. The smallest absolute Gasteiger partial charge is 0.266 e. The Kier molecular flexibility index (Phi) is 1.94. The van der Waals surface area contributed by atoms with Gasteiger partial charge in [0.05, 0.1) is 6.20 Å². The fourth-order valence-corrected chi connectivity index (χ4v) is 1.14. The molecule has 0 saturated heterocycles. The molecule has 0 unspecified atom stereocenters. The van der Waals surface area contributed by atoms with Crippen molar-refractivity contribution in [3.63, 3.8) is 0 Å². The minimum Gasteiger partial charge on any atom is -0.421 e. The second-order valence-corrected chi connectivity index (χ2v) is 2.83. The van der Waals surface area contributed by atoms with E-state index in [1.54, 1.807) is 6.20 Å². The molecule has 0 radical (unpaired) electrons. The van der Waals surface area contributed by atoms with E-state index in [9.17, 15) is 0 Å². The molecule has 5 nitrogen and oxygen atoms in total. The molecule has 0 aliphatic rings. The molecule has 0 atom stereocenters. The van der Waals surface area contributed by atoms with Gasteiger partial charge in [0.25, 0.3) is 5.71 Å². The average Bonchev–Trinajstić information content (AvgIpc) is 2.49. The van der Waals surface area contributed by atoms with E-state index in [-0.39, 0.29) is 0 Å². The molecule has 0 fully saturated rings. The van der Waals surface area contributed by atoms with Crippen molar-refractivity contribution in [2.24, 2.45) is 5.73 Å². The van der Waals surface area contributed by atoms with Crippen LogP contribution in [0.1, 0.15) is 11.5 Å². The zero-order valence-corrected chi connectivity index (χ0v) is 7.32. The van der Waals surface area contributed by atoms with E-state index in [2.05, 4.69) is 15.2 Å². The molecule has 2 rings (SSSR count). The van der Waals surface area contributed by atoms with Crippen LogP contribution in [-0.4, -0.2) is 21.7 Å². The van der Waals surface area contributed by atoms with Crippen molar-refractivity contribution in [3.8, 4) is 0 Å². The molecule has 0 aromatic carbocycles. The second kappa shape index (κ2) is 3.10. The molecule has 5 heteroatoms. The molecule has 0 aliphatic heterocycles. The Balaban J connectivity index is 2.55. The summed E-state index contributed by atoms with van der Waals surface area (Å²) in [4.78, 5) is 4.25. The SMILES string of the molecule is Cc1cnnc2oc(CCN)nc12. The summed E-state index contributed by atoms with van der Waals surface area (Å²) in [5.41, 5.74) is 7.62. The minimum absolute atomic E-state index is 0.489. The normalized spacial score (nSPS) is 10.9. The highest BCUT2D eigenvalue weighted by molar-refractivity contribution is 5.70. The Morgan fingerprint density at radius 2 is 2.38 bits per heavy atom. The number of nitrogens with two attached hydrogens (primary N) is 1. The summed E-state index contributed by atoms with van der Waals surface area (Å²) in [5.74, 6) is 0.626. The van der Waals surface area contributed by atoms with E-state index in [4.69, 9.17) is 10.2 Å². The van der Waals surface area contributed by atoms with Crippen molar-refractivity contribution in [1.82, 2.24) is 15.2 Å². The molecule has 2 aromatic rings. The van der Waals surface area contributed by atoms with Gasteiger partial charge in [0.1, 0.15) is 5.52 Å². The molecule has 68 valence electrons. The van der Waals surface area contributed by atoms with Crippen LogP contribution in [0.3, 0.4) is 0 Å². The lowest BCUT2D eigenvalue weighted by Gasteiger charge is -1.86. The van der Waals surface area contributed by atoms with Crippen LogP contribution < -0.4 is 5.73 Å². The van der Waals surface area contributed by atoms with Gasteiger partial charge in [-0.3, -0.25) is 0 Å². The third-order valence-electron chi connectivity index (χ3n) is 1.79. The van der Waals surface area contributed by atoms with Crippen LogP contribution in [0.25, 0.3) is 11.2 Å². The van der Waals surface area contributed by atoms with E-state index in [0.717, 1.165) is 11.1 Å². The van der Waals surface area contributed by atoms with Gasteiger partial charge in [-0.25, -0.2) is 4.98 Å². The van der Waals surface area contributed by atoms with Crippen molar-refractivity contribution in [2.75, 3.05) is 6.54 Å². The van der Waals surface area contributed by atoms with Gasteiger partial charge >= 0.3 is 0 Å². The monoisotopic (exact) mass is 178 g/mol. The number of hydrogen-bond acceptors (Lipinski definition) is 5. The predicted octanol–water partition coefficient (Wildman–Crippen LogP) is 0.427. The maximum Gasteiger partial charge on any atom is 0.266 e. The molecule has 13 heavy (non-hydrogen) atoms. The first-order valence-corrected chi connectivity index (χ1v) is 4.09. The number of fused-ring (bicyclic) bond motifs is 1. The largest absolute Gasteiger partial charge is 0.421 e. The molecule has 0 amide bonds. The third-order valence-corrected chi connectivity index (χ3v) is 1.79. The molecule has 2 aromatic heterocycles. The van der Waals surface area contributed by atoms with E-state index >= 15 is 0 Å². The van der Waals surface area contributed by atoms with Crippen LogP contribution in [0.4, 0.5) is 0 Å². The molecule has 2 N–H and O–H groups in total. The standard InChI is InChI=1S/C8H10N4O/c1-5-4-10-12-8-7(5)11-6(13-8)2-3-9/h4H,2-3,9H2,1H3. The Morgan fingerprint density at radius 1 is 1.54 bits per heavy atom. The first-order chi connectivity index (χ1) is 6.31. The summed E-state index contributed by atoms with van der Waals surface area (Å²) in [6, 6.07) is 0. The number of rotatable bonds is 2. The first-order valence-electron chi connectivity index (χ1n) is 4.09. The van der Waals surface area contributed by atoms with Gasteiger partial charge < -0.3 is 10.2 Å². The first kappa shape index (κ1) is 8.12. The minimum atomic E-state index is 0.489. The highest BCUT2D eigenvalue weighted by Crippen LogP contribution is 2.15. The molecule has 2 heterocycles. The van der Waals surface area contributed by atoms with Crippen molar-refractivity contribution in [1.29, 1.82) is 0 Å². The summed E-state index contributed by atoms with van der Waals surface area (Å²) in [5, 5.41) is 7.60. The molecule has 0 bridgehead atoms. The van der Waals surface area contributed by atoms with Gasteiger partial charge in [-0.2, -0.15) is 5.10 Å². The van der Waals surface area contributed by atoms with Gasteiger partial charge in [-0.1, -0.05) is 0 Å². The number of hydrogen-bond donors (Lipinski definition) is 1. The Bertz CT molecular complexity index is 423. The van der Waals surface area contributed by atoms with Gasteiger partial charge in [-0.15, -0.1) is 5.10 Å². The van der Waals surface area contributed by atoms with Crippen molar-refractivity contribution < 1.29 is 4.42 Å². The Morgan fingerprint density at radius 3 is 3.08 bits per heavy atom. The maximum atomic E-state index is 5.38. The fraction of sp³-hybridized carbons (Fsp3) is 0.375. The Labute approximate surface area is 75.0 Å². The number of aryl methyl sites for hydroxylation is 1. The average molecular weight is 178 g/mol. The summed E-state index contributed by atoms with van der Waals surface area (Å²) in [7, 11) is 0. The van der Waals surface area contributed by atoms with Crippen LogP contribution in [-0.2, 0) is 6.42 Å². The molecule has 0 aliphatic carbocycles. The van der Waals surface area contributed by atoms with Gasteiger partial charge in [0.2, 0.25) is 0 Å². The van der Waals surface area contributed by atoms with Crippen LogP contribution in [0.15, 0.2) is 10.6 Å². The van der Waals surface area contributed by atoms with Crippen molar-refractivity contribution in [2.45, 2.75) is 13.3 Å². The fourth-order valence-electron chi connectivity index (χ4n) is 1.14. The lowest BCUT2D eigenvalue weighted by Crippen LogP contribution is -2.02. The summed E-state index contributed by atoms with van der Waals surface area (Å²) in [6.07, 6.45) is 2.30. The highest BCUT2D eigenvalue weighted by Gasteiger charge is 2.07. The van der Waals surface area contributed by atoms with E-state index in [1.165, 1.54) is 0 Å². The van der Waals surface area contributed by atoms with Crippen molar-refractivity contribution >= 4 is 11.2 Å². The summed E-state index contributed by atoms with van der Waals surface area (Å²) in [6.45, 7) is 2.45. The van der Waals surface area contributed by atoms with E-state index < -0.39 is 0 Å². The van der Waals surface area contributed by atoms with Crippen LogP contribution in [0, 0.1) is 6.92 Å². The zero-order chi connectivity index (χ0) is 9.26. The van der Waals surface area contributed by atoms with Gasteiger partial charge in [0, 0.05) is 18.5 Å². The van der Waals surface area contributed by atoms with Crippen LogP contribution in [0.5, 0.6) is 0 Å². The van der Waals surface area contributed by atoms with Crippen molar-refractivity contribution in [3.05, 3.63) is 17.7 Å². The molecule has 0 saturated carbocycles. The third kappa shape index (κ3) is 1.38. The number of nitrogens with zero attached hydrogens (tertiary/aromatic N) is 3. The molecule has 0 spiro atoms. The van der Waals surface area contributed by atoms with E-state index in [1.807, 2.05) is 6.92 Å². The quantitative estimate of drug-likeness (QED) is 0.721. The van der Waals surface area contributed by atoms with Crippen LogP contribution in [0.2, 0.25) is 0 Å². The predicted molar refractivity (Wildman–Crippen MR) is 47.1 cm³/mol.